The molecule has 0 atom stereocenters. The van der Waals surface area contributed by atoms with E-state index in [-0.39, 0.29) is 17.7 Å². The van der Waals surface area contributed by atoms with Gasteiger partial charge in [-0.2, -0.15) is 0 Å². The topological polar surface area (TPSA) is 81.2 Å². The van der Waals surface area contributed by atoms with Gasteiger partial charge in [0.2, 0.25) is 0 Å². The molecular weight excluding hydrogens is 249 g/mol. The van der Waals surface area contributed by atoms with Crippen LogP contribution in [0.1, 0.15) is 15.9 Å². The zero-order valence-electron chi connectivity index (χ0n) is 9.81. The summed E-state index contributed by atoms with van der Waals surface area (Å²) < 4.78 is 18.2. The molecule has 0 saturated heterocycles. The minimum Gasteiger partial charge on any atom is -0.363 e. The monoisotopic (exact) mass is 259 g/mol. The van der Waals surface area contributed by atoms with Crippen molar-refractivity contribution in [3.63, 3.8) is 0 Å². The van der Waals surface area contributed by atoms with Gasteiger partial charge in [0.25, 0.3) is 5.91 Å². The maximum absolute atomic E-state index is 13.7. The van der Waals surface area contributed by atoms with E-state index in [9.17, 15) is 9.18 Å². The first-order valence-corrected chi connectivity index (χ1v) is 5.40. The van der Waals surface area contributed by atoms with Gasteiger partial charge in [-0.25, -0.2) is 4.39 Å². The van der Waals surface area contributed by atoms with Crippen LogP contribution in [-0.4, -0.2) is 17.6 Å². The van der Waals surface area contributed by atoms with E-state index >= 15 is 0 Å². The van der Waals surface area contributed by atoms with E-state index in [1.165, 1.54) is 24.6 Å². The lowest BCUT2D eigenvalue weighted by atomic mass is 10.1. The third-order valence-electron chi connectivity index (χ3n) is 2.25. The van der Waals surface area contributed by atoms with Gasteiger partial charge in [0.05, 0.1) is 18.3 Å². The zero-order valence-corrected chi connectivity index (χ0v) is 9.81. The lowest BCUT2D eigenvalue weighted by Gasteiger charge is -2.02. The summed E-state index contributed by atoms with van der Waals surface area (Å²) in [5, 5.41) is 5.95. The van der Waals surface area contributed by atoms with Crippen LogP contribution >= 0.6 is 0 Å². The average molecular weight is 259 g/mol. The highest BCUT2D eigenvalue weighted by atomic mass is 19.1. The van der Waals surface area contributed by atoms with E-state index in [0.29, 0.717) is 5.69 Å². The first-order valence-electron chi connectivity index (χ1n) is 5.40. The molecule has 0 fully saturated rings. The van der Waals surface area contributed by atoms with Crippen LogP contribution in [0.25, 0.3) is 0 Å². The number of hydrogen-bond acceptors (Lipinski definition) is 4. The molecule has 0 aliphatic rings. The Morgan fingerprint density at radius 2 is 2.37 bits per heavy atom. The summed E-state index contributed by atoms with van der Waals surface area (Å²) in [5.41, 5.74) is 5.98. The smallest absolute Gasteiger partial charge is 0.255 e. The minimum atomic E-state index is -0.570. The molecule has 0 spiro atoms. The molecule has 96 valence electrons. The highest BCUT2D eigenvalue weighted by molar-refractivity contribution is 6.04. The van der Waals surface area contributed by atoms with Crippen molar-refractivity contribution in [2.75, 3.05) is 11.9 Å². The maximum atomic E-state index is 13.7. The molecule has 0 radical (unpaired) electrons. The lowest BCUT2D eigenvalue weighted by molar-refractivity contribution is 0.102. The molecule has 5 nitrogen and oxygen atoms in total. The van der Waals surface area contributed by atoms with Gasteiger partial charge in [-0.15, -0.1) is 0 Å². The molecule has 0 saturated carbocycles. The first kappa shape index (κ1) is 12.8. The molecule has 0 unspecified atom stereocenters. The van der Waals surface area contributed by atoms with E-state index in [4.69, 9.17) is 5.73 Å². The van der Waals surface area contributed by atoms with Crippen LogP contribution in [0.5, 0.6) is 0 Å². The second kappa shape index (κ2) is 5.80. The SMILES string of the molecule is NCC#Cc1ccc(C(=O)Nc2cnoc2)cc1F. The van der Waals surface area contributed by atoms with E-state index in [2.05, 4.69) is 26.8 Å². The molecule has 2 rings (SSSR count). The molecule has 0 bridgehead atoms. The maximum Gasteiger partial charge on any atom is 0.255 e. The van der Waals surface area contributed by atoms with E-state index in [0.717, 1.165) is 6.07 Å². The van der Waals surface area contributed by atoms with Crippen molar-refractivity contribution in [1.82, 2.24) is 5.16 Å². The molecule has 19 heavy (non-hydrogen) atoms. The molecule has 1 amide bonds. The van der Waals surface area contributed by atoms with Gasteiger partial charge in [-0.3, -0.25) is 4.79 Å². The number of carbonyl (C=O) groups is 1. The Morgan fingerprint density at radius 1 is 1.53 bits per heavy atom. The van der Waals surface area contributed by atoms with Crippen molar-refractivity contribution in [2.24, 2.45) is 5.73 Å². The third kappa shape index (κ3) is 3.18. The third-order valence-corrected chi connectivity index (χ3v) is 2.25. The molecule has 1 heterocycles. The van der Waals surface area contributed by atoms with E-state index in [1.807, 2.05) is 0 Å². The van der Waals surface area contributed by atoms with Crippen LogP contribution in [-0.2, 0) is 0 Å². The minimum absolute atomic E-state index is 0.148. The van der Waals surface area contributed by atoms with E-state index < -0.39 is 11.7 Å². The Hall–Kier alpha value is -2.65. The Morgan fingerprint density at radius 3 is 3.00 bits per heavy atom. The quantitative estimate of drug-likeness (QED) is 0.798. The van der Waals surface area contributed by atoms with Gasteiger partial charge in [-0.1, -0.05) is 17.0 Å². The molecular formula is C13H10FN3O2. The normalized spacial score (nSPS) is 9.58. The number of benzene rings is 1. The molecule has 3 N–H and O–H groups in total. The summed E-state index contributed by atoms with van der Waals surface area (Å²) in [7, 11) is 0. The number of aromatic nitrogens is 1. The predicted octanol–water partition coefficient (Wildman–Crippen LogP) is 1.38. The van der Waals surface area contributed by atoms with Gasteiger partial charge >= 0.3 is 0 Å². The predicted molar refractivity (Wildman–Crippen MR) is 66.8 cm³/mol. The molecule has 2 aromatic rings. The fraction of sp³-hybridized carbons (Fsp3) is 0.0769. The molecule has 1 aromatic heterocycles. The highest BCUT2D eigenvalue weighted by Crippen LogP contribution is 2.12. The van der Waals surface area contributed by atoms with Gasteiger partial charge in [0, 0.05) is 5.56 Å². The molecule has 6 heteroatoms. The number of anilines is 1. The number of hydrogen-bond donors (Lipinski definition) is 2. The number of carbonyl (C=O) groups excluding carboxylic acids is 1. The number of nitrogens with one attached hydrogen (secondary N) is 1. The Labute approximate surface area is 108 Å². The Bertz CT molecular complexity index is 642. The fourth-order valence-electron chi connectivity index (χ4n) is 1.37. The van der Waals surface area contributed by atoms with E-state index in [1.54, 1.807) is 0 Å². The summed E-state index contributed by atoms with van der Waals surface area (Å²) in [5.74, 6) is 4.10. The van der Waals surface area contributed by atoms with Crippen LogP contribution in [0.15, 0.2) is 35.2 Å². The number of nitrogens with zero attached hydrogens (tertiary/aromatic N) is 1. The summed E-state index contributed by atoms with van der Waals surface area (Å²) in [6.45, 7) is 0.148. The largest absolute Gasteiger partial charge is 0.363 e. The highest BCUT2D eigenvalue weighted by Gasteiger charge is 2.10. The summed E-state index contributed by atoms with van der Waals surface area (Å²) in [4.78, 5) is 11.8. The van der Waals surface area contributed by atoms with Crippen LogP contribution in [0.3, 0.4) is 0 Å². The summed E-state index contributed by atoms with van der Waals surface area (Å²) in [6, 6.07) is 4.02. The molecule has 0 aliphatic heterocycles. The van der Waals surface area contributed by atoms with Crippen molar-refractivity contribution in [3.8, 4) is 11.8 Å². The van der Waals surface area contributed by atoms with Crippen LogP contribution in [0, 0.1) is 17.7 Å². The summed E-state index contributed by atoms with van der Waals surface area (Å²) in [6.07, 6.45) is 2.62. The standard InChI is InChI=1S/C13H10FN3O2/c14-12-6-10(4-3-9(12)2-1-5-15)13(18)17-11-7-16-19-8-11/h3-4,6-8H,5,15H2,(H,17,18). The van der Waals surface area contributed by atoms with Crippen molar-refractivity contribution in [3.05, 3.63) is 47.6 Å². The first-order chi connectivity index (χ1) is 9.20. The van der Waals surface area contributed by atoms with Gasteiger partial charge in [0.15, 0.2) is 0 Å². The van der Waals surface area contributed by atoms with Crippen LogP contribution in [0.4, 0.5) is 10.1 Å². The van der Waals surface area contributed by atoms with Gasteiger partial charge < -0.3 is 15.6 Å². The number of halogens is 1. The van der Waals surface area contributed by atoms with Crippen LogP contribution in [0.2, 0.25) is 0 Å². The number of amides is 1. The van der Waals surface area contributed by atoms with Crippen molar-refractivity contribution < 1.29 is 13.7 Å². The fourth-order valence-corrected chi connectivity index (χ4v) is 1.37. The Balaban J connectivity index is 2.17. The number of nitrogens with two attached hydrogens (primary N) is 1. The Kier molecular flexibility index (Phi) is 3.90. The second-order valence-corrected chi connectivity index (χ2v) is 3.57. The van der Waals surface area contributed by atoms with Gasteiger partial charge in [0.1, 0.15) is 17.8 Å². The van der Waals surface area contributed by atoms with Crippen molar-refractivity contribution >= 4 is 11.6 Å². The summed E-state index contributed by atoms with van der Waals surface area (Å²) >= 11 is 0. The molecule has 0 aliphatic carbocycles. The van der Waals surface area contributed by atoms with Crippen molar-refractivity contribution in [1.29, 1.82) is 0 Å². The molecule has 1 aromatic carbocycles. The lowest BCUT2D eigenvalue weighted by Crippen LogP contribution is -2.11. The number of rotatable bonds is 2. The average Bonchev–Trinajstić information content (AvgIpc) is 2.90. The van der Waals surface area contributed by atoms with Crippen LogP contribution < -0.4 is 11.1 Å². The zero-order chi connectivity index (χ0) is 13.7. The van der Waals surface area contributed by atoms with Crippen molar-refractivity contribution in [2.45, 2.75) is 0 Å². The second-order valence-electron chi connectivity index (χ2n) is 3.57. The van der Waals surface area contributed by atoms with Gasteiger partial charge in [-0.05, 0) is 18.2 Å².